The quantitative estimate of drug-likeness (QED) is 0.782. The Morgan fingerprint density at radius 2 is 1.86 bits per heavy atom. The van der Waals surface area contributed by atoms with Gasteiger partial charge in [-0.3, -0.25) is 5.21 Å². The first-order chi connectivity index (χ1) is 13.6. The number of anilines is 1. The van der Waals surface area contributed by atoms with E-state index in [1.54, 1.807) is 32.4 Å². The van der Waals surface area contributed by atoms with E-state index in [4.69, 9.17) is 14.2 Å². The third kappa shape index (κ3) is 3.20. The molecule has 1 atom stereocenters. The van der Waals surface area contributed by atoms with Crippen molar-refractivity contribution in [2.45, 2.75) is 24.3 Å². The molecule has 2 aliphatic rings. The fourth-order valence-corrected chi connectivity index (χ4v) is 4.42. The molecule has 0 aliphatic carbocycles. The fourth-order valence-electron chi connectivity index (χ4n) is 4.42. The lowest BCUT2D eigenvalue weighted by atomic mass is 9.68. The minimum absolute atomic E-state index is 0.0250. The van der Waals surface area contributed by atoms with E-state index in [0.717, 1.165) is 43.7 Å². The Kier molecular flexibility index (Phi) is 5.16. The van der Waals surface area contributed by atoms with E-state index in [0.29, 0.717) is 11.5 Å². The first kappa shape index (κ1) is 19.0. The average molecular weight is 385 g/mol. The summed E-state index contributed by atoms with van der Waals surface area (Å²) >= 11 is 0. The monoisotopic (exact) mass is 385 g/mol. The van der Waals surface area contributed by atoms with E-state index in [-0.39, 0.29) is 22.4 Å². The summed E-state index contributed by atoms with van der Waals surface area (Å²) in [5.74, 6) is 1.38. The van der Waals surface area contributed by atoms with E-state index in [9.17, 15) is 10.4 Å². The van der Waals surface area contributed by atoms with Gasteiger partial charge in [-0.2, -0.15) is 0 Å². The van der Waals surface area contributed by atoms with Crippen LogP contribution in [0.25, 0.3) is 0 Å². The van der Waals surface area contributed by atoms with E-state index in [1.165, 1.54) is 5.56 Å². The molecule has 4 rings (SSSR count). The molecule has 7 heteroatoms. The first-order valence-corrected chi connectivity index (χ1v) is 9.41. The Balaban J connectivity index is 1.85. The molecule has 2 aromatic carbocycles. The summed E-state index contributed by atoms with van der Waals surface area (Å²) in [6.07, 6.45) is 1.86. The van der Waals surface area contributed by atoms with Gasteiger partial charge < -0.3 is 30.0 Å². The molecule has 0 radical (unpaired) electrons. The number of hydrogen-bond acceptors (Lipinski definition) is 7. The third-order valence-corrected chi connectivity index (χ3v) is 5.96. The average Bonchev–Trinajstić information content (AvgIpc) is 2.74. The van der Waals surface area contributed by atoms with Crippen LogP contribution in [0.3, 0.4) is 0 Å². The maximum absolute atomic E-state index is 11.4. The summed E-state index contributed by atoms with van der Waals surface area (Å²) in [7, 11) is 3.27. The Morgan fingerprint density at radius 1 is 1.14 bits per heavy atom. The van der Waals surface area contributed by atoms with Crippen LogP contribution in [0.4, 0.5) is 5.69 Å². The fraction of sp³-hybridized carbons (Fsp3) is 0.429. The van der Waals surface area contributed by atoms with Crippen LogP contribution in [-0.4, -0.2) is 39.2 Å². The van der Waals surface area contributed by atoms with Crippen molar-refractivity contribution in [1.29, 1.82) is 0 Å². The lowest BCUT2D eigenvalue weighted by Gasteiger charge is -2.45. The minimum atomic E-state index is -0.122. The molecule has 0 aromatic heterocycles. The first-order valence-electron chi connectivity index (χ1n) is 9.41. The number of hydrogen-bond donors (Lipinski definition) is 2. The van der Waals surface area contributed by atoms with E-state index < -0.39 is 0 Å². The standard InChI is InChI=1S/C21H25N2O5/c1-26-18-11-16-17(12-19(18)27-2)21(6-8-28-9-7-21)13-22-20(16)14-4-3-5-15(10-14)23(24)25/h3-5,10-12,20,22,24H,6-9,13H2,1-2H3/q-1. The molecular weight excluding hydrogens is 360 g/mol. The predicted molar refractivity (Wildman–Crippen MR) is 105 cm³/mol. The zero-order valence-corrected chi connectivity index (χ0v) is 16.1. The Morgan fingerprint density at radius 3 is 2.54 bits per heavy atom. The number of benzene rings is 2. The number of ether oxygens (including phenoxy) is 3. The molecule has 28 heavy (non-hydrogen) atoms. The lowest BCUT2D eigenvalue weighted by Crippen LogP contribution is -2.48. The highest BCUT2D eigenvalue weighted by molar-refractivity contribution is 5.56. The van der Waals surface area contributed by atoms with Crippen molar-refractivity contribution in [3.8, 4) is 11.5 Å². The van der Waals surface area contributed by atoms with Gasteiger partial charge in [0, 0.05) is 25.2 Å². The normalized spacial score (nSPS) is 20.5. The Hall–Kier alpha value is -2.32. The van der Waals surface area contributed by atoms with E-state index in [1.807, 2.05) is 12.1 Å². The molecule has 2 aromatic rings. The molecule has 1 fully saturated rings. The second-order valence-electron chi connectivity index (χ2n) is 7.37. The predicted octanol–water partition coefficient (Wildman–Crippen LogP) is 3.14. The largest absolute Gasteiger partial charge is 0.733 e. The zero-order chi connectivity index (χ0) is 19.7. The number of rotatable bonds is 4. The lowest BCUT2D eigenvalue weighted by molar-refractivity contribution is 0.0460. The highest BCUT2D eigenvalue weighted by atomic mass is 16.8. The van der Waals surface area contributed by atoms with Gasteiger partial charge >= 0.3 is 0 Å². The number of methoxy groups -OCH3 is 2. The van der Waals surface area contributed by atoms with Crippen LogP contribution in [0.1, 0.15) is 35.6 Å². The topological polar surface area (TPSA) is 86.2 Å². The van der Waals surface area contributed by atoms with Crippen molar-refractivity contribution in [2.75, 3.05) is 39.2 Å². The van der Waals surface area contributed by atoms with Crippen molar-refractivity contribution < 1.29 is 19.4 Å². The van der Waals surface area contributed by atoms with Crippen LogP contribution >= 0.6 is 0 Å². The van der Waals surface area contributed by atoms with Gasteiger partial charge in [-0.05, 0) is 53.8 Å². The molecule has 0 saturated carbocycles. The van der Waals surface area contributed by atoms with Gasteiger partial charge in [0.1, 0.15) is 0 Å². The molecule has 7 nitrogen and oxygen atoms in total. The summed E-state index contributed by atoms with van der Waals surface area (Å²) in [6.45, 7) is 2.25. The maximum Gasteiger partial charge on any atom is 0.161 e. The van der Waals surface area contributed by atoms with Crippen LogP contribution in [-0.2, 0) is 10.2 Å². The molecule has 150 valence electrons. The summed E-state index contributed by atoms with van der Waals surface area (Å²) in [4.78, 5) is 0. The number of nitrogens with zero attached hydrogens (tertiary/aromatic N) is 1. The number of nitrogens with one attached hydrogen (secondary N) is 1. The zero-order valence-electron chi connectivity index (χ0n) is 16.1. The molecule has 1 saturated heterocycles. The van der Waals surface area contributed by atoms with Gasteiger partial charge in [0.05, 0.1) is 25.9 Å². The highest BCUT2D eigenvalue weighted by Crippen LogP contribution is 2.47. The summed E-state index contributed by atoms with van der Waals surface area (Å²) in [6, 6.07) is 11.0. The van der Waals surface area contributed by atoms with Gasteiger partial charge in [-0.1, -0.05) is 12.1 Å². The van der Waals surface area contributed by atoms with Crippen LogP contribution in [0.2, 0.25) is 0 Å². The van der Waals surface area contributed by atoms with Crippen molar-refractivity contribution in [3.05, 3.63) is 58.3 Å². The Bertz CT molecular complexity index is 849. The van der Waals surface area contributed by atoms with Gasteiger partial charge in [-0.15, -0.1) is 0 Å². The van der Waals surface area contributed by atoms with Crippen LogP contribution in [0, 0.1) is 5.21 Å². The number of fused-ring (bicyclic) bond motifs is 2. The van der Waals surface area contributed by atoms with E-state index >= 15 is 0 Å². The van der Waals surface area contributed by atoms with Crippen molar-refractivity contribution >= 4 is 5.69 Å². The molecule has 0 amide bonds. The Labute approximate surface area is 164 Å². The summed E-state index contributed by atoms with van der Waals surface area (Å²) in [5.41, 5.74) is 3.40. The molecular formula is C21H25N2O5-. The summed E-state index contributed by atoms with van der Waals surface area (Å²) < 4.78 is 16.7. The molecule has 0 bridgehead atoms. The van der Waals surface area contributed by atoms with Gasteiger partial charge in [-0.25, -0.2) is 0 Å². The molecule has 1 unspecified atom stereocenters. The molecule has 2 aliphatic heterocycles. The maximum atomic E-state index is 11.4. The minimum Gasteiger partial charge on any atom is -0.733 e. The van der Waals surface area contributed by atoms with E-state index in [2.05, 4.69) is 11.4 Å². The van der Waals surface area contributed by atoms with Crippen molar-refractivity contribution in [2.24, 2.45) is 0 Å². The van der Waals surface area contributed by atoms with Gasteiger partial charge in [0.25, 0.3) is 0 Å². The highest BCUT2D eigenvalue weighted by Gasteiger charge is 2.42. The SMILES string of the molecule is COc1cc2c(cc1OC)C1(CCOCC1)CNC2c1cccc(N([O-])O)c1. The van der Waals surface area contributed by atoms with Crippen molar-refractivity contribution in [1.82, 2.24) is 5.32 Å². The second-order valence-corrected chi connectivity index (χ2v) is 7.37. The van der Waals surface area contributed by atoms with Gasteiger partial charge in [0.2, 0.25) is 0 Å². The molecule has 1 spiro atoms. The summed E-state index contributed by atoms with van der Waals surface area (Å²) in [5, 5.41) is 24.2. The smallest absolute Gasteiger partial charge is 0.161 e. The van der Waals surface area contributed by atoms with Crippen LogP contribution < -0.4 is 20.0 Å². The van der Waals surface area contributed by atoms with Crippen molar-refractivity contribution in [3.63, 3.8) is 0 Å². The molecule has 2 heterocycles. The second kappa shape index (κ2) is 7.60. The van der Waals surface area contributed by atoms with Gasteiger partial charge in [0.15, 0.2) is 11.5 Å². The molecule has 2 N–H and O–H groups in total. The van der Waals surface area contributed by atoms with Crippen LogP contribution in [0.5, 0.6) is 11.5 Å². The van der Waals surface area contributed by atoms with Crippen LogP contribution in [0.15, 0.2) is 36.4 Å². The third-order valence-electron chi connectivity index (χ3n) is 5.96.